The van der Waals surface area contributed by atoms with Gasteiger partial charge in [-0.3, -0.25) is 9.69 Å². The Hall–Kier alpha value is -2.64. The topological polar surface area (TPSA) is 77.6 Å². The van der Waals surface area contributed by atoms with Crippen LogP contribution in [0.2, 0.25) is 5.02 Å². The van der Waals surface area contributed by atoms with Crippen LogP contribution in [0.25, 0.3) is 0 Å². The Balaban J connectivity index is 2.02. The number of hydrogen-bond acceptors (Lipinski definition) is 4. The second-order valence-corrected chi connectivity index (χ2v) is 9.94. The van der Waals surface area contributed by atoms with Gasteiger partial charge in [-0.25, -0.2) is 9.78 Å². The van der Waals surface area contributed by atoms with E-state index in [1.165, 1.54) is 0 Å². The molecule has 0 bridgehead atoms. The Labute approximate surface area is 195 Å². The summed E-state index contributed by atoms with van der Waals surface area (Å²) in [6, 6.07) is 10.3. The van der Waals surface area contributed by atoms with Gasteiger partial charge in [0.05, 0.1) is 29.7 Å². The van der Waals surface area contributed by atoms with Crippen molar-refractivity contribution in [3.05, 3.63) is 47.1 Å². The van der Waals surface area contributed by atoms with E-state index in [-0.39, 0.29) is 29.4 Å². The number of carbonyl (C=O) groups is 2. The highest BCUT2D eigenvalue weighted by molar-refractivity contribution is 6.31. The molecule has 1 aliphatic rings. The number of aromatic nitrogens is 1. The van der Waals surface area contributed by atoms with E-state index in [1.807, 2.05) is 23.1 Å². The van der Waals surface area contributed by atoms with E-state index < -0.39 is 0 Å². The van der Waals surface area contributed by atoms with Crippen molar-refractivity contribution in [2.75, 3.05) is 17.3 Å². The van der Waals surface area contributed by atoms with Crippen molar-refractivity contribution in [3.8, 4) is 0 Å². The number of likely N-dealkylation sites (N-methyl/N-ethyl adjacent to an activating group) is 1. The van der Waals surface area contributed by atoms with Gasteiger partial charge >= 0.3 is 6.03 Å². The van der Waals surface area contributed by atoms with Crippen molar-refractivity contribution >= 4 is 40.7 Å². The van der Waals surface area contributed by atoms with Gasteiger partial charge in [0.25, 0.3) is 0 Å². The molecule has 8 heteroatoms. The van der Waals surface area contributed by atoms with E-state index in [0.29, 0.717) is 28.8 Å². The average molecular weight is 458 g/mol. The molecule has 0 saturated heterocycles. The van der Waals surface area contributed by atoms with E-state index in [1.54, 1.807) is 37.1 Å². The fourth-order valence-corrected chi connectivity index (χ4v) is 4.10. The van der Waals surface area contributed by atoms with E-state index in [2.05, 4.69) is 38.3 Å². The number of pyridine rings is 1. The SMILES string of the molecule is CN[C@@H](C)C(=O)Nc1ccc2c(n1)CN(C(C)CC(C)(C)C)C(=O)N2c1cccc(Cl)c1. The number of halogens is 1. The number of nitrogens with zero attached hydrogens (tertiary/aromatic N) is 3. The molecule has 172 valence electrons. The van der Waals surface area contributed by atoms with Crippen LogP contribution in [0.1, 0.15) is 46.7 Å². The summed E-state index contributed by atoms with van der Waals surface area (Å²) < 4.78 is 0. The lowest BCUT2D eigenvalue weighted by atomic mass is 9.88. The lowest BCUT2D eigenvalue weighted by Gasteiger charge is -2.41. The van der Waals surface area contributed by atoms with Crippen molar-refractivity contribution in [3.63, 3.8) is 0 Å². The fraction of sp³-hybridized carbons (Fsp3) is 0.458. The summed E-state index contributed by atoms with van der Waals surface area (Å²) in [5.41, 5.74) is 2.16. The lowest BCUT2D eigenvalue weighted by Crippen LogP contribution is -2.49. The smallest absolute Gasteiger partial charge is 0.315 e. The Morgan fingerprint density at radius 2 is 1.94 bits per heavy atom. The highest BCUT2D eigenvalue weighted by Gasteiger charge is 2.36. The minimum absolute atomic E-state index is 0.00157. The maximum absolute atomic E-state index is 13.6. The van der Waals surface area contributed by atoms with Crippen LogP contribution in [0.15, 0.2) is 36.4 Å². The van der Waals surface area contributed by atoms with Gasteiger partial charge in [-0.1, -0.05) is 38.4 Å². The maximum Gasteiger partial charge on any atom is 0.329 e. The minimum atomic E-state index is -0.347. The van der Waals surface area contributed by atoms with Crippen LogP contribution in [0, 0.1) is 5.41 Å². The lowest BCUT2D eigenvalue weighted by molar-refractivity contribution is -0.117. The molecule has 2 aromatic rings. The Morgan fingerprint density at radius 3 is 2.56 bits per heavy atom. The number of urea groups is 1. The van der Waals surface area contributed by atoms with Crippen molar-refractivity contribution in [2.24, 2.45) is 5.41 Å². The number of hydrogen-bond donors (Lipinski definition) is 2. The number of amides is 3. The van der Waals surface area contributed by atoms with E-state index in [4.69, 9.17) is 16.6 Å². The minimum Gasteiger partial charge on any atom is -0.315 e. The summed E-state index contributed by atoms with van der Waals surface area (Å²) in [7, 11) is 1.73. The number of nitrogens with one attached hydrogen (secondary N) is 2. The molecular formula is C24H32ClN5O2. The predicted molar refractivity (Wildman–Crippen MR) is 129 cm³/mol. The van der Waals surface area contributed by atoms with Gasteiger partial charge < -0.3 is 15.5 Å². The summed E-state index contributed by atoms with van der Waals surface area (Å²) in [5, 5.41) is 6.31. The highest BCUT2D eigenvalue weighted by atomic mass is 35.5. The molecule has 1 unspecified atom stereocenters. The molecule has 0 fully saturated rings. The number of carbonyl (C=O) groups excluding carboxylic acids is 2. The number of fused-ring (bicyclic) bond motifs is 1. The molecule has 1 aromatic heterocycles. The molecule has 0 saturated carbocycles. The molecule has 2 N–H and O–H groups in total. The van der Waals surface area contributed by atoms with Crippen LogP contribution in [0.3, 0.4) is 0 Å². The van der Waals surface area contributed by atoms with Crippen molar-refractivity contribution in [1.29, 1.82) is 0 Å². The Morgan fingerprint density at radius 1 is 1.22 bits per heavy atom. The quantitative estimate of drug-likeness (QED) is 0.626. The Kier molecular flexibility index (Phi) is 7.10. The third-order valence-corrected chi connectivity index (χ3v) is 5.77. The van der Waals surface area contributed by atoms with Crippen LogP contribution >= 0.6 is 11.6 Å². The van der Waals surface area contributed by atoms with Crippen LogP contribution in [-0.2, 0) is 11.3 Å². The summed E-state index contributed by atoms with van der Waals surface area (Å²) in [6.07, 6.45) is 0.841. The third-order valence-electron chi connectivity index (χ3n) is 5.53. The number of benzene rings is 1. The van der Waals surface area contributed by atoms with Crippen LogP contribution in [0.5, 0.6) is 0 Å². The summed E-state index contributed by atoms with van der Waals surface area (Å²) in [6.45, 7) is 10.7. The van der Waals surface area contributed by atoms with E-state index in [9.17, 15) is 9.59 Å². The average Bonchev–Trinajstić information content (AvgIpc) is 2.71. The third kappa shape index (κ3) is 5.40. The molecule has 2 atom stereocenters. The van der Waals surface area contributed by atoms with E-state index >= 15 is 0 Å². The van der Waals surface area contributed by atoms with Gasteiger partial charge in [-0.05, 0) is 63.1 Å². The molecule has 0 aliphatic carbocycles. The normalized spacial score (nSPS) is 15.9. The van der Waals surface area contributed by atoms with Gasteiger partial charge in [-0.15, -0.1) is 0 Å². The zero-order chi connectivity index (χ0) is 23.6. The van der Waals surface area contributed by atoms with Gasteiger partial charge in [-0.2, -0.15) is 0 Å². The molecule has 32 heavy (non-hydrogen) atoms. The monoisotopic (exact) mass is 457 g/mol. The van der Waals surface area contributed by atoms with Gasteiger partial charge in [0.1, 0.15) is 5.82 Å². The zero-order valence-electron chi connectivity index (χ0n) is 19.6. The second-order valence-electron chi connectivity index (χ2n) is 9.50. The molecular weight excluding hydrogens is 426 g/mol. The van der Waals surface area contributed by atoms with Gasteiger partial charge in [0, 0.05) is 11.1 Å². The van der Waals surface area contributed by atoms with Gasteiger partial charge in [0.2, 0.25) is 5.91 Å². The molecule has 0 radical (unpaired) electrons. The van der Waals surface area contributed by atoms with Crippen molar-refractivity contribution in [1.82, 2.24) is 15.2 Å². The van der Waals surface area contributed by atoms with Crippen molar-refractivity contribution in [2.45, 2.75) is 59.7 Å². The molecule has 1 aromatic carbocycles. The summed E-state index contributed by atoms with van der Waals surface area (Å²) in [5.74, 6) is 0.288. The first-order chi connectivity index (χ1) is 15.0. The second kappa shape index (κ2) is 9.46. The first kappa shape index (κ1) is 24.0. The first-order valence-corrected chi connectivity index (χ1v) is 11.2. The predicted octanol–water partition coefficient (Wildman–Crippen LogP) is 5.18. The molecule has 3 rings (SSSR count). The number of rotatable bonds is 6. The van der Waals surface area contributed by atoms with Crippen LogP contribution in [-0.4, -0.2) is 41.0 Å². The Bertz CT molecular complexity index is 1000. The molecule has 1 aliphatic heterocycles. The molecule has 3 amide bonds. The first-order valence-electron chi connectivity index (χ1n) is 10.8. The standard InChI is InChI=1S/C24H32ClN5O2/c1-15(13-24(3,4)5)29-14-19-20(10-11-21(27-19)28-22(31)16(2)26-6)30(23(29)32)18-9-7-8-17(25)12-18/h7-12,15-16,26H,13-14H2,1-6H3,(H,27,28,31)/t15?,16-/m0/s1. The van der Waals surface area contributed by atoms with E-state index in [0.717, 1.165) is 12.1 Å². The summed E-state index contributed by atoms with van der Waals surface area (Å²) >= 11 is 6.23. The van der Waals surface area contributed by atoms with Crippen LogP contribution in [0.4, 0.5) is 22.0 Å². The molecule has 7 nitrogen and oxygen atoms in total. The maximum atomic E-state index is 13.6. The highest BCUT2D eigenvalue weighted by Crippen LogP contribution is 2.37. The number of anilines is 3. The van der Waals surface area contributed by atoms with Crippen LogP contribution < -0.4 is 15.5 Å². The molecule has 2 heterocycles. The van der Waals surface area contributed by atoms with Gasteiger partial charge in [0.15, 0.2) is 0 Å². The van der Waals surface area contributed by atoms with Crippen molar-refractivity contribution < 1.29 is 9.59 Å². The summed E-state index contributed by atoms with van der Waals surface area (Å²) in [4.78, 5) is 34.1. The largest absolute Gasteiger partial charge is 0.329 e. The molecule has 0 spiro atoms. The fourth-order valence-electron chi connectivity index (χ4n) is 3.92. The zero-order valence-corrected chi connectivity index (χ0v) is 20.3.